The Labute approximate surface area is 480 Å². The number of unbranched alkanes of at least 4 members (excludes halogenated alkanes) is 4. The van der Waals surface area contributed by atoms with Crippen molar-refractivity contribution in [1.82, 2.24) is 45.6 Å². The van der Waals surface area contributed by atoms with Gasteiger partial charge in [-0.15, -0.1) is 11.3 Å². The molecule has 6 heterocycles. The molecule has 8 rings (SSSR count). The molecular weight excluding hydrogens is 1060 g/mol. The van der Waals surface area contributed by atoms with Crippen molar-refractivity contribution in [2.75, 3.05) is 89.4 Å². The van der Waals surface area contributed by atoms with Gasteiger partial charge in [-0.25, -0.2) is 18.7 Å². The number of aryl methyl sites for hydroxylation is 1. The van der Waals surface area contributed by atoms with E-state index in [1.807, 2.05) is 74.5 Å². The van der Waals surface area contributed by atoms with Crippen molar-refractivity contribution in [2.24, 2.45) is 5.41 Å². The van der Waals surface area contributed by atoms with Crippen LogP contribution in [0.4, 0.5) is 20.5 Å². The summed E-state index contributed by atoms with van der Waals surface area (Å²) in [4.78, 5) is 77.0. The summed E-state index contributed by atoms with van der Waals surface area (Å²) in [6.45, 7) is 15.3. The Balaban J connectivity index is 0.702. The lowest BCUT2D eigenvalue weighted by Crippen LogP contribution is -2.57. The predicted molar refractivity (Wildman–Crippen MR) is 313 cm³/mol. The number of likely N-dealkylation sites (tertiary alicyclic amines) is 3. The first kappa shape index (κ1) is 61.3. The molecule has 21 heteroatoms. The third kappa shape index (κ3) is 17.6. The number of rotatable bonds is 27. The summed E-state index contributed by atoms with van der Waals surface area (Å²) >= 11 is 1.58. The van der Waals surface area contributed by atoms with Crippen molar-refractivity contribution in [2.45, 2.75) is 167 Å². The lowest BCUT2D eigenvalue weighted by molar-refractivity contribution is -0.144. The maximum absolute atomic E-state index is 14.2. The summed E-state index contributed by atoms with van der Waals surface area (Å²) < 4.78 is 40.4. The molecule has 4 fully saturated rings. The highest BCUT2D eigenvalue weighted by atomic mass is 32.1. The first-order valence-corrected chi connectivity index (χ1v) is 30.5. The number of hydrogen-bond acceptors (Lipinski definition) is 15. The van der Waals surface area contributed by atoms with E-state index < -0.39 is 29.5 Å². The van der Waals surface area contributed by atoms with E-state index in [-0.39, 0.29) is 81.5 Å². The van der Waals surface area contributed by atoms with Crippen molar-refractivity contribution in [3.8, 4) is 21.9 Å². The second-order valence-corrected chi connectivity index (χ2v) is 24.5. The van der Waals surface area contributed by atoms with Crippen molar-refractivity contribution < 1.29 is 42.5 Å². The van der Waals surface area contributed by atoms with Gasteiger partial charge in [0.1, 0.15) is 17.9 Å². The van der Waals surface area contributed by atoms with Crippen molar-refractivity contribution in [3.05, 3.63) is 53.2 Å². The summed E-state index contributed by atoms with van der Waals surface area (Å²) in [7, 11) is 1.63. The number of nitrogens with one attached hydrogen (secondary N) is 4. The minimum atomic E-state index is -2.69. The molecule has 2 aromatic carbocycles. The van der Waals surface area contributed by atoms with E-state index in [9.17, 15) is 33.1 Å². The lowest BCUT2D eigenvalue weighted by Gasteiger charge is -2.35. The van der Waals surface area contributed by atoms with Crippen LogP contribution in [0.25, 0.3) is 21.3 Å². The van der Waals surface area contributed by atoms with Crippen LogP contribution in [0.1, 0.15) is 135 Å². The Bertz CT molecular complexity index is 2700. The molecule has 4 aliphatic heterocycles. The minimum Gasteiger partial charge on any atom is -0.493 e. The number of benzene rings is 2. The van der Waals surface area contributed by atoms with Gasteiger partial charge in [0, 0.05) is 102 Å². The molecule has 0 radical (unpaired) electrons. The number of β-amino-alcohol motifs (C(OH)–C–C–N with tert-alkyl or cyclic N) is 1. The molecule has 0 bridgehead atoms. The fourth-order valence-corrected chi connectivity index (χ4v) is 12.2. The Kier molecular flexibility index (Phi) is 21.9. The average Bonchev–Trinajstić information content (AvgIpc) is 4.28. The highest BCUT2D eigenvalue weighted by Crippen LogP contribution is 2.38. The quantitative estimate of drug-likeness (QED) is 0.0358. The molecule has 4 amide bonds. The largest absolute Gasteiger partial charge is 0.493 e. The minimum absolute atomic E-state index is 0.0117. The zero-order valence-electron chi connectivity index (χ0n) is 48.3. The van der Waals surface area contributed by atoms with Crippen LogP contribution in [0.15, 0.2) is 41.9 Å². The average molecular weight is 1140 g/mol. The van der Waals surface area contributed by atoms with Crippen LogP contribution in [0.3, 0.4) is 0 Å². The molecule has 0 aliphatic carbocycles. The van der Waals surface area contributed by atoms with E-state index in [1.165, 1.54) is 17.7 Å². The number of halogens is 2. The molecule has 5 N–H and O–H groups in total. The zero-order valence-corrected chi connectivity index (χ0v) is 49.2. The standard InChI is InChI=1S/C60H87F2N11O7S/c1-41-53(81-40-65-41)43-19-17-42(18-20-43)38-64-56(77)48-35-45(74)39-73(48)57(78)54(59(2,3)4)68-52(76)16-10-8-6-7-9-15-51(75)63-25-13-28-71-30-21-44(22-31-71)66-55-46-36-49(79-5)50(80-34-14-29-70-26-11-12-27-70)37-47(46)67-58(69-55)72-32-23-60(61,62)24-33-72/h17-20,36-37,40,44-45,48,54,74H,6-16,21-35,38-39H2,1-5H3,(H,63,75)(H,64,77)(H,68,76)(H,66,67,69)/t45-,48+,54-/m1/s1. The SMILES string of the molecule is COc1cc2c(NC3CCN(CCCNC(=O)CCCCCCCC(=O)N[C@H](C(=O)N4C[C@H](O)C[C@H]4C(=O)NCc4ccc(-c5scnc5C)cc4)C(C)(C)C)CC3)nc(N3CCC(F)(F)CC3)nc2cc1OCCCN1CCCC1. The van der Waals surface area contributed by atoms with Crippen LogP contribution < -0.4 is 35.6 Å². The van der Waals surface area contributed by atoms with Gasteiger partial charge in [-0.1, -0.05) is 64.3 Å². The maximum atomic E-state index is 14.2. The van der Waals surface area contributed by atoms with Crippen molar-refractivity contribution >= 4 is 57.6 Å². The highest BCUT2D eigenvalue weighted by Gasteiger charge is 2.44. The molecule has 0 saturated carbocycles. The van der Waals surface area contributed by atoms with Crippen LogP contribution in [-0.4, -0.2) is 168 Å². The van der Waals surface area contributed by atoms with E-state index in [1.54, 1.807) is 18.4 Å². The normalized spacial score (nSPS) is 19.4. The molecule has 4 aliphatic rings. The van der Waals surface area contributed by atoms with Crippen molar-refractivity contribution in [1.29, 1.82) is 0 Å². The Morgan fingerprint density at radius 3 is 2.20 bits per heavy atom. The van der Waals surface area contributed by atoms with Gasteiger partial charge >= 0.3 is 0 Å². The molecule has 2 aromatic heterocycles. The first-order valence-electron chi connectivity index (χ1n) is 29.6. The zero-order chi connectivity index (χ0) is 57.5. The number of aromatic nitrogens is 3. The number of alkyl halides is 2. The topological polar surface area (TPSA) is 207 Å². The number of piperidine rings is 2. The van der Waals surface area contributed by atoms with Crippen LogP contribution in [-0.2, 0) is 25.7 Å². The number of amides is 4. The van der Waals surface area contributed by atoms with Gasteiger partial charge in [-0.3, -0.25) is 19.2 Å². The van der Waals surface area contributed by atoms with Gasteiger partial charge < -0.3 is 55.4 Å². The summed E-state index contributed by atoms with van der Waals surface area (Å²) in [5, 5.41) is 24.1. The second kappa shape index (κ2) is 29.0. The molecule has 0 spiro atoms. The summed E-state index contributed by atoms with van der Waals surface area (Å²) in [5.41, 5.74) is 4.77. The Morgan fingerprint density at radius 1 is 0.840 bits per heavy atom. The third-order valence-corrected chi connectivity index (χ3v) is 17.2. The van der Waals surface area contributed by atoms with E-state index in [4.69, 9.17) is 19.4 Å². The van der Waals surface area contributed by atoms with Gasteiger partial charge in [0.15, 0.2) is 11.5 Å². The summed E-state index contributed by atoms with van der Waals surface area (Å²) in [6.07, 6.45) is 9.45. The van der Waals surface area contributed by atoms with Crippen LogP contribution in [0.5, 0.6) is 11.5 Å². The molecule has 4 aromatic rings. The fraction of sp³-hybridized carbons (Fsp3) is 0.650. The number of ether oxygens (including phenoxy) is 2. The fourth-order valence-electron chi connectivity index (χ4n) is 11.4. The van der Waals surface area contributed by atoms with Crippen LogP contribution in [0, 0.1) is 12.3 Å². The Hall–Kier alpha value is -5.77. The number of thiazole rings is 1. The van der Waals surface area contributed by atoms with Gasteiger partial charge in [-0.2, -0.15) is 4.98 Å². The number of methoxy groups -OCH3 is 1. The molecule has 81 heavy (non-hydrogen) atoms. The number of nitrogens with zero attached hydrogens (tertiary/aromatic N) is 7. The number of carbonyl (C=O) groups excluding carboxylic acids is 4. The number of hydrogen-bond donors (Lipinski definition) is 5. The third-order valence-electron chi connectivity index (χ3n) is 16.2. The van der Waals surface area contributed by atoms with Gasteiger partial charge in [0.2, 0.25) is 29.6 Å². The molecule has 4 saturated heterocycles. The number of aliphatic hydroxyl groups is 1. The lowest BCUT2D eigenvalue weighted by atomic mass is 9.85. The van der Waals surface area contributed by atoms with Crippen LogP contribution in [0.2, 0.25) is 0 Å². The maximum Gasteiger partial charge on any atom is 0.251 e. The van der Waals surface area contributed by atoms with E-state index >= 15 is 0 Å². The predicted octanol–water partition coefficient (Wildman–Crippen LogP) is 8.09. The molecule has 3 atom stereocenters. The monoisotopic (exact) mass is 1140 g/mol. The van der Waals surface area contributed by atoms with Crippen molar-refractivity contribution in [3.63, 3.8) is 0 Å². The van der Waals surface area contributed by atoms with E-state index in [0.29, 0.717) is 54.8 Å². The molecular formula is C60H87F2N11O7S. The van der Waals surface area contributed by atoms with Gasteiger partial charge in [0.25, 0.3) is 5.92 Å². The number of fused-ring (bicyclic) bond motifs is 1. The first-order chi connectivity index (χ1) is 38.9. The molecule has 444 valence electrons. The summed E-state index contributed by atoms with van der Waals surface area (Å²) in [6, 6.07) is 10.1. The molecule has 18 nitrogen and oxygen atoms in total. The smallest absolute Gasteiger partial charge is 0.251 e. The number of aliphatic hydroxyl groups excluding tert-OH is 1. The highest BCUT2D eigenvalue weighted by molar-refractivity contribution is 7.13. The van der Waals surface area contributed by atoms with Gasteiger partial charge in [-0.05, 0) is 101 Å². The van der Waals surface area contributed by atoms with E-state index in [2.05, 4.69) is 36.1 Å². The molecule has 0 unspecified atom stereocenters. The Morgan fingerprint density at radius 2 is 1.52 bits per heavy atom. The number of anilines is 2. The van der Waals surface area contributed by atoms with Gasteiger partial charge in [0.05, 0.1) is 41.4 Å². The van der Waals surface area contributed by atoms with Crippen LogP contribution >= 0.6 is 11.3 Å². The number of carbonyl (C=O) groups is 4. The van der Waals surface area contributed by atoms with E-state index in [0.717, 1.165) is 118 Å². The second-order valence-electron chi connectivity index (χ2n) is 23.7. The summed E-state index contributed by atoms with van der Waals surface area (Å²) in [5.74, 6) is -1.33.